The summed E-state index contributed by atoms with van der Waals surface area (Å²) < 4.78 is 0. The van der Waals surface area contributed by atoms with Crippen molar-refractivity contribution < 1.29 is 4.79 Å². The molecule has 0 aromatic carbocycles. The average molecular weight is 255 g/mol. The van der Waals surface area contributed by atoms with Crippen LogP contribution in [0.3, 0.4) is 0 Å². The van der Waals surface area contributed by atoms with Gasteiger partial charge in [-0.2, -0.15) is 0 Å². The van der Waals surface area contributed by atoms with E-state index in [2.05, 4.69) is 32.7 Å². The number of likely N-dealkylation sites (N-methyl/N-ethyl adjacent to an activating group) is 1. The zero-order valence-electron chi connectivity index (χ0n) is 12.4. The monoisotopic (exact) mass is 255 g/mol. The second-order valence-electron chi connectivity index (χ2n) is 6.10. The summed E-state index contributed by atoms with van der Waals surface area (Å²) in [6.45, 7) is 9.86. The molecule has 1 rings (SSSR count). The van der Waals surface area contributed by atoms with E-state index in [1.807, 2.05) is 4.90 Å². The van der Waals surface area contributed by atoms with Gasteiger partial charge in [0.25, 0.3) is 0 Å². The third-order valence-electron chi connectivity index (χ3n) is 3.91. The summed E-state index contributed by atoms with van der Waals surface area (Å²) >= 11 is 0. The lowest BCUT2D eigenvalue weighted by molar-refractivity contribution is -0.134. The smallest absolute Gasteiger partial charge is 0.222 e. The van der Waals surface area contributed by atoms with E-state index in [1.54, 1.807) is 0 Å². The number of amides is 1. The molecule has 1 aliphatic rings. The van der Waals surface area contributed by atoms with Gasteiger partial charge in [0.2, 0.25) is 5.91 Å². The molecule has 1 aliphatic heterocycles. The van der Waals surface area contributed by atoms with Crippen molar-refractivity contribution in [2.45, 2.75) is 39.7 Å². The highest BCUT2D eigenvalue weighted by Gasteiger charge is 2.25. The van der Waals surface area contributed by atoms with E-state index in [9.17, 15) is 4.79 Å². The van der Waals surface area contributed by atoms with Gasteiger partial charge in [-0.05, 0) is 38.8 Å². The SMILES string of the molecule is CC(C)CC(CN)CC(=O)N1CCN(C)C(C)C1. The average Bonchev–Trinajstić information content (AvgIpc) is 2.31. The predicted octanol–water partition coefficient (Wildman–Crippen LogP) is 1.16. The second kappa shape index (κ2) is 7.10. The Bertz CT molecular complexity index is 268. The maximum Gasteiger partial charge on any atom is 0.222 e. The molecular weight excluding hydrogens is 226 g/mol. The topological polar surface area (TPSA) is 49.6 Å². The fourth-order valence-corrected chi connectivity index (χ4v) is 2.58. The molecule has 1 saturated heterocycles. The van der Waals surface area contributed by atoms with Crippen LogP contribution in [-0.4, -0.2) is 55.0 Å². The first-order chi connectivity index (χ1) is 8.43. The Morgan fingerprint density at radius 2 is 2.06 bits per heavy atom. The molecule has 0 spiro atoms. The Labute approximate surface area is 111 Å². The summed E-state index contributed by atoms with van der Waals surface area (Å²) in [6, 6.07) is 0.462. The van der Waals surface area contributed by atoms with Crippen LogP contribution in [0.4, 0.5) is 0 Å². The summed E-state index contributed by atoms with van der Waals surface area (Å²) in [7, 11) is 2.12. The number of rotatable bonds is 5. The van der Waals surface area contributed by atoms with Gasteiger partial charge in [-0.1, -0.05) is 13.8 Å². The lowest BCUT2D eigenvalue weighted by Gasteiger charge is -2.38. The van der Waals surface area contributed by atoms with E-state index in [-0.39, 0.29) is 5.91 Å². The van der Waals surface area contributed by atoms with E-state index < -0.39 is 0 Å². The van der Waals surface area contributed by atoms with Crippen molar-refractivity contribution >= 4 is 5.91 Å². The minimum atomic E-state index is 0.283. The Morgan fingerprint density at radius 1 is 1.39 bits per heavy atom. The lowest BCUT2D eigenvalue weighted by Crippen LogP contribution is -2.52. The van der Waals surface area contributed by atoms with Crippen LogP contribution in [0.15, 0.2) is 0 Å². The largest absolute Gasteiger partial charge is 0.340 e. The quantitative estimate of drug-likeness (QED) is 0.802. The van der Waals surface area contributed by atoms with Crippen molar-refractivity contribution in [2.75, 3.05) is 33.2 Å². The van der Waals surface area contributed by atoms with Gasteiger partial charge in [0.05, 0.1) is 0 Å². The molecule has 0 bridgehead atoms. The first-order valence-electron chi connectivity index (χ1n) is 7.12. The highest BCUT2D eigenvalue weighted by Crippen LogP contribution is 2.17. The molecule has 1 amide bonds. The van der Waals surface area contributed by atoms with E-state index in [4.69, 9.17) is 5.73 Å². The minimum absolute atomic E-state index is 0.283. The van der Waals surface area contributed by atoms with Crippen molar-refractivity contribution in [1.82, 2.24) is 9.80 Å². The van der Waals surface area contributed by atoms with Gasteiger partial charge in [-0.15, -0.1) is 0 Å². The first-order valence-corrected chi connectivity index (χ1v) is 7.12. The standard InChI is InChI=1S/C14H29N3O/c1-11(2)7-13(9-15)8-14(18)17-6-5-16(4)12(3)10-17/h11-13H,5-10,15H2,1-4H3. The third kappa shape index (κ3) is 4.58. The van der Waals surface area contributed by atoms with Gasteiger partial charge in [0, 0.05) is 32.1 Å². The van der Waals surface area contributed by atoms with Gasteiger partial charge < -0.3 is 15.5 Å². The van der Waals surface area contributed by atoms with Gasteiger partial charge in [0.1, 0.15) is 0 Å². The summed E-state index contributed by atoms with van der Waals surface area (Å²) in [5.74, 6) is 1.23. The molecule has 0 saturated carbocycles. The van der Waals surface area contributed by atoms with Gasteiger partial charge in [-0.3, -0.25) is 4.79 Å². The van der Waals surface area contributed by atoms with Crippen LogP contribution in [0.2, 0.25) is 0 Å². The molecule has 4 nitrogen and oxygen atoms in total. The number of piperazine rings is 1. The maximum absolute atomic E-state index is 12.3. The molecule has 0 aromatic rings. The van der Waals surface area contributed by atoms with Crippen LogP contribution >= 0.6 is 0 Å². The van der Waals surface area contributed by atoms with E-state index in [0.717, 1.165) is 26.1 Å². The lowest BCUT2D eigenvalue weighted by atomic mass is 9.93. The molecule has 18 heavy (non-hydrogen) atoms. The van der Waals surface area contributed by atoms with Crippen molar-refractivity contribution in [3.05, 3.63) is 0 Å². The van der Waals surface area contributed by atoms with Crippen LogP contribution in [0.25, 0.3) is 0 Å². The zero-order chi connectivity index (χ0) is 13.7. The van der Waals surface area contributed by atoms with Crippen molar-refractivity contribution in [2.24, 2.45) is 17.6 Å². The molecule has 0 aliphatic carbocycles. The predicted molar refractivity (Wildman–Crippen MR) is 75.3 cm³/mol. The molecule has 0 aromatic heterocycles. The van der Waals surface area contributed by atoms with Gasteiger partial charge in [0.15, 0.2) is 0 Å². The molecule has 2 N–H and O–H groups in total. The Kier molecular flexibility index (Phi) is 6.09. The fraction of sp³-hybridized carbons (Fsp3) is 0.929. The van der Waals surface area contributed by atoms with Gasteiger partial charge in [-0.25, -0.2) is 0 Å². The molecule has 1 fully saturated rings. The van der Waals surface area contributed by atoms with Crippen LogP contribution in [-0.2, 0) is 4.79 Å². The number of nitrogens with two attached hydrogens (primary N) is 1. The molecule has 0 radical (unpaired) electrons. The number of carbonyl (C=O) groups excluding carboxylic acids is 1. The minimum Gasteiger partial charge on any atom is -0.340 e. The molecule has 2 unspecified atom stereocenters. The molecular formula is C14H29N3O. The maximum atomic E-state index is 12.3. The third-order valence-corrected chi connectivity index (χ3v) is 3.91. The highest BCUT2D eigenvalue weighted by atomic mass is 16.2. The number of carbonyl (C=O) groups is 1. The van der Waals surface area contributed by atoms with Crippen LogP contribution in [0.1, 0.15) is 33.6 Å². The molecule has 2 atom stereocenters. The number of nitrogens with zero attached hydrogens (tertiary/aromatic N) is 2. The van der Waals surface area contributed by atoms with Crippen LogP contribution in [0.5, 0.6) is 0 Å². The van der Waals surface area contributed by atoms with Crippen molar-refractivity contribution in [1.29, 1.82) is 0 Å². The Hall–Kier alpha value is -0.610. The summed E-state index contributed by atoms with van der Waals surface area (Å²) in [5.41, 5.74) is 5.77. The summed E-state index contributed by atoms with van der Waals surface area (Å²) in [5, 5.41) is 0. The van der Waals surface area contributed by atoms with E-state index >= 15 is 0 Å². The molecule has 106 valence electrons. The number of hydrogen-bond donors (Lipinski definition) is 1. The second-order valence-corrected chi connectivity index (χ2v) is 6.10. The Balaban J connectivity index is 2.44. The normalized spacial score (nSPS) is 23.4. The molecule has 1 heterocycles. The van der Waals surface area contributed by atoms with Gasteiger partial charge >= 0.3 is 0 Å². The van der Waals surface area contributed by atoms with Crippen molar-refractivity contribution in [3.63, 3.8) is 0 Å². The number of hydrogen-bond acceptors (Lipinski definition) is 3. The fourth-order valence-electron chi connectivity index (χ4n) is 2.58. The summed E-state index contributed by atoms with van der Waals surface area (Å²) in [6.07, 6.45) is 1.66. The summed E-state index contributed by atoms with van der Waals surface area (Å²) in [4.78, 5) is 16.6. The first kappa shape index (κ1) is 15.4. The highest BCUT2D eigenvalue weighted by molar-refractivity contribution is 5.76. The molecule has 4 heteroatoms. The van der Waals surface area contributed by atoms with E-state index in [0.29, 0.717) is 30.8 Å². The van der Waals surface area contributed by atoms with E-state index in [1.165, 1.54) is 0 Å². The Morgan fingerprint density at radius 3 is 2.56 bits per heavy atom. The van der Waals surface area contributed by atoms with Crippen molar-refractivity contribution in [3.8, 4) is 0 Å². The van der Waals surface area contributed by atoms with Crippen LogP contribution < -0.4 is 5.73 Å². The zero-order valence-corrected chi connectivity index (χ0v) is 12.4. The van der Waals surface area contributed by atoms with Crippen LogP contribution in [0, 0.1) is 11.8 Å².